The standard InChI is InChI=1S/C16H21N5O/c1-19-9-2-4-14(19)5-6-15(22)20-10-12-21(13-11-20)16-17-7-3-8-18-16/h2-4,7-9H,5-6,10-13H2,1H3. The molecule has 0 atom stereocenters. The molecule has 22 heavy (non-hydrogen) atoms. The SMILES string of the molecule is Cn1cccc1CCC(=O)N1CCN(c2ncccn2)CC1. The first-order chi connectivity index (χ1) is 10.7. The molecule has 2 aromatic rings. The van der Waals surface area contributed by atoms with Crippen LogP contribution in [0.1, 0.15) is 12.1 Å². The Kier molecular flexibility index (Phi) is 4.37. The van der Waals surface area contributed by atoms with Crippen LogP contribution in [0.5, 0.6) is 0 Å². The predicted molar refractivity (Wildman–Crippen MR) is 84.6 cm³/mol. The van der Waals surface area contributed by atoms with Crippen LogP contribution in [-0.4, -0.2) is 51.5 Å². The van der Waals surface area contributed by atoms with Crippen molar-refractivity contribution in [2.45, 2.75) is 12.8 Å². The van der Waals surface area contributed by atoms with E-state index in [1.807, 2.05) is 30.3 Å². The summed E-state index contributed by atoms with van der Waals surface area (Å²) >= 11 is 0. The Morgan fingerprint density at radius 3 is 2.50 bits per heavy atom. The van der Waals surface area contributed by atoms with Crippen LogP contribution in [-0.2, 0) is 18.3 Å². The maximum atomic E-state index is 12.3. The average Bonchev–Trinajstić information content (AvgIpc) is 2.99. The van der Waals surface area contributed by atoms with Gasteiger partial charge in [0.05, 0.1) is 0 Å². The fraction of sp³-hybridized carbons (Fsp3) is 0.438. The third-order valence-corrected chi connectivity index (χ3v) is 4.11. The predicted octanol–water partition coefficient (Wildman–Crippen LogP) is 1.10. The zero-order chi connectivity index (χ0) is 15.4. The largest absolute Gasteiger partial charge is 0.354 e. The minimum atomic E-state index is 0.231. The number of amides is 1. The second-order valence-electron chi connectivity index (χ2n) is 5.53. The Labute approximate surface area is 130 Å². The number of anilines is 1. The molecule has 0 radical (unpaired) electrons. The Morgan fingerprint density at radius 2 is 1.86 bits per heavy atom. The van der Waals surface area contributed by atoms with Crippen molar-refractivity contribution in [2.24, 2.45) is 7.05 Å². The molecule has 1 aliphatic heterocycles. The Hall–Kier alpha value is -2.37. The molecule has 3 heterocycles. The van der Waals surface area contributed by atoms with Crippen LogP contribution in [0.2, 0.25) is 0 Å². The second-order valence-corrected chi connectivity index (χ2v) is 5.53. The smallest absolute Gasteiger partial charge is 0.225 e. The fourth-order valence-corrected chi connectivity index (χ4v) is 2.76. The number of nitrogens with zero attached hydrogens (tertiary/aromatic N) is 5. The molecule has 6 heteroatoms. The lowest BCUT2D eigenvalue weighted by Gasteiger charge is -2.34. The first kappa shape index (κ1) is 14.6. The molecule has 0 spiro atoms. The molecule has 0 aromatic carbocycles. The van der Waals surface area contributed by atoms with Gasteiger partial charge in [-0.15, -0.1) is 0 Å². The van der Waals surface area contributed by atoms with Gasteiger partial charge >= 0.3 is 0 Å². The highest BCUT2D eigenvalue weighted by molar-refractivity contribution is 5.76. The molecule has 1 saturated heterocycles. The van der Waals surface area contributed by atoms with Crippen molar-refractivity contribution in [3.63, 3.8) is 0 Å². The van der Waals surface area contributed by atoms with Crippen molar-refractivity contribution in [1.29, 1.82) is 0 Å². The summed E-state index contributed by atoms with van der Waals surface area (Å²) in [6.45, 7) is 3.06. The van der Waals surface area contributed by atoms with Crippen molar-refractivity contribution in [3.05, 3.63) is 42.5 Å². The van der Waals surface area contributed by atoms with Gasteiger partial charge in [-0.05, 0) is 24.6 Å². The fourth-order valence-electron chi connectivity index (χ4n) is 2.76. The number of carbonyl (C=O) groups is 1. The summed E-state index contributed by atoms with van der Waals surface area (Å²) < 4.78 is 2.07. The van der Waals surface area contributed by atoms with Gasteiger partial charge in [0.1, 0.15) is 0 Å². The second kappa shape index (κ2) is 6.60. The highest BCUT2D eigenvalue weighted by atomic mass is 16.2. The highest BCUT2D eigenvalue weighted by Gasteiger charge is 2.22. The van der Waals surface area contributed by atoms with Crippen molar-refractivity contribution in [1.82, 2.24) is 19.4 Å². The Bertz CT molecular complexity index is 616. The molecule has 1 amide bonds. The quantitative estimate of drug-likeness (QED) is 0.848. The van der Waals surface area contributed by atoms with Crippen LogP contribution >= 0.6 is 0 Å². The number of hydrogen-bond donors (Lipinski definition) is 0. The summed E-state index contributed by atoms with van der Waals surface area (Å²) in [5.41, 5.74) is 1.20. The number of aryl methyl sites for hydroxylation is 2. The van der Waals surface area contributed by atoms with Gasteiger partial charge in [0.15, 0.2) is 0 Å². The number of aromatic nitrogens is 3. The minimum Gasteiger partial charge on any atom is -0.354 e. The highest BCUT2D eigenvalue weighted by Crippen LogP contribution is 2.11. The van der Waals surface area contributed by atoms with Crippen LogP contribution in [0.15, 0.2) is 36.8 Å². The summed E-state index contributed by atoms with van der Waals surface area (Å²) in [7, 11) is 2.01. The Balaban J connectivity index is 1.49. The molecule has 1 aliphatic rings. The van der Waals surface area contributed by atoms with Gasteiger partial charge in [0, 0.05) is 63.9 Å². The molecule has 0 unspecified atom stereocenters. The maximum absolute atomic E-state index is 12.3. The van der Waals surface area contributed by atoms with E-state index in [1.54, 1.807) is 12.4 Å². The van der Waals surface area contributed by atoms with E-state index in [1.165, 1.54) is 5.69 Å². The van der Waals surface area contributed by atoms with E-state index in [4.69, 9.17) is 0 Å². The minimum absolute atomic E-state index is 0.231. The number of piperazine rings is 1. The topological polar surface area (TPSA) is 54.3 Å². The zero-order valence-corrected chi connectivity index (χ0v) is 12.9. The first-order valence-corrected chi connectivity index (χ1v) is 7.64. The Morgan fingerprint density at radius 1 is 1.14 bits per heavy atom. The van der Waals surface area contributed by atoms with E-state index in [9.17, 15) is 4.79 Å². The van der Waals surface area contributed by atoms with Gasteiger partial charge in [-0.2, -0.15) is 0 Å². The van der Waals surface area contributed by atoms with Crippen molar-refractivity contribution >= 4 is 11.9 Å². The lowest BCUT2D eigenvalue weighted by atomic mass is 10.2. The van der Waals surface area contributed by atoms with Gasteiger partial charge in [-0.25, -0.2) is 9.97 Å². The van der Waals surface area contributed by atoms with Crippen LogP contribution in [0.4, 0.5) is 5.95 Å². The molecule has 0 bridgehead atoms. The summed E-state index contributed by atoms with van der Waals surface area (Å²) in [5.74, 6) is 0.980. The summed E-state index contributed by atoms with van der Waals surface area (Å²) in [4.78, 5) is 24.9. The molecule has 0 N–H and O–H groups in total. The molecule has 3 rings (SSSR count). The van der Waals surface area contributed by atoms with Crippen LogP contribution in [0.25, 0.3) is 0 Å². The van der Waals surface area contributed by atoms with Crippen LogP contribution in [0.3, 0.4) is 0 Å². The van der Waals surface area contributed by atoms with E-state index in [0.717, 1.165) is 38.5 Å². The molecule has 6 nitrogen and oxygen atoms in total. The normalized spacial score (nSPS) is 15.1. The lowest BCUT2D eigenvalue weighted by Crippen LogP contribution is -2.49. The van der Waals surface area contributed by atoms with Gasteiger partial charge in [0.25, 0.3) is 0 Å². The van der Waals surface area contributed by atoms with E-state index >= 15 is 0 Å². The number of rotatable bonds is 4. The number of hydrogen-bond acceptors (Lipinski definition) is 4. The third-order valence-electron chi connectivity index (χ3n) is 4.11. The monoisotopic (exact) mass is 299 g/mol. The van der Waals surface area contributed by atoms with Crippen LogP contribution in [0, 0.1) is 0 Å². The maximum Gasteiger partial charge on any atom is 0.225 e. The van der Waals surface area contributed by atoms with Crippen LogP contribution < -0.4 is 4.90 Å². The van der Waals surface area contributed by atoms with Crippen molar-refractivity contribution in [3.8, 4) is 0 Å². The van der Waals surface area contributed by atoms with E-state index in [0.29, 0.717) is 6.42 Å². The van der Waals surface area contributed by atoms with Gasteiger partial charge < -0.3 is 14.4 Å². The van der Waals surface area contributed by atoms with E-state index in [2.05, 4.69) is 25.5 Å². The molecular weight excluding hydrogens is 278 g/mol. The van der Waals surface area contributed by atoms with Gasteiger partial charge in [-0.3, -0.25) is 4.79 Å². The van der Waals surface area contributed by atoms with E-state index in [-0.39, 0.29) is 5.91 Å². The molecule has 2 aromatic heterocycles. The summed E-state index contributed by atoms with van der Waals surface area (Å²) in [6, 6.07) is 5.89. The van der Waals surface area contributed by atoms with Gasteiger partial charge in [0.2, 0.25) is 11.9 Å². The molecule has 116 valence electrons. The number of carbonyl (C=O) groups excluding carboxylic acids is 1. The first-order valence-electron chi connectivity index (χ1n) is 7.64. The summed E-state index contributed by atoms with van der Waals surface area (Å²) in [5, 5.41) is 0. The third kappa shape index (κ3) is 3.27. The molecular formula is C16H21N5O. The summed E-state index contributed by atoms with van der Waals surface area (Å²) in [6.07, 6.45) is 6.88. The molecule has 1 fully saturated rings. The average molecular weight is 299 g/mol. The van der Waals surface area contributed by atoms with Crippen molar-refractivity contribution in [2.75, 3.05) is 31.1 Å². The lowest BCUT2D eigenvalue weighted by molar-refractivity contribution is -0.131. The van der Waals surface area contributed by atoms with E-state index < -0.39 is 0 Å². The van der Waals surface area contributed by atoms with Gasteiger partial charge in [-0.1, -0.05) is 0 Å². The molecule has 0 aliphatic carbocycles. The molecule has 0 saturated carbocycles. The zero-order valence-electron chi connectivity index (χ0n) is 12.9. The van der Waals surface area contributed by atoms with Crippen molar-refractivity contribution < 1.29 is 4.79 Å².